The maximum absolute atomic E-state index is 9.28. The number of nitrogens with zero attached hydrogens (tertiary/aromatic N) is 2. The van der Waals surface area contributed by atoms with Crippen molar-refractivity contribution in [2.24, 2.45) is 16.7 Å². The average Bonchev–Trinajstić information content (AvgIpc) is 0.685. The summed E-state index contributed by atoms with van der Waals surface area (Å²) in [5, 5.41) is 9.55. The Morgan fingerprint density at radius 2 is 0.656 bits per heavy atom. The molecular weight excluding hydrogens is 1540 g/mol. The van der Waals surface area contributed by atoms with Crippen LogP contribution in [-0.4, -0.2) is 22.9 Å². The Kier molecular flexibility index (Phi) is 19.3. The van der Waals surface area contributed by atoms with E-state index in [0.29, 0.717) is 5.56 Å². The molecule has 0 saturated heterocycles. The molecule has 17 aromatic rings. The lowest BCUT2D eigenvalue weighted by Crippen LogP contribution is -2.75. The highest BCUT2D eigenvalue weighted by molar-refractivity contribution is 7.20. The van der Waals surface area contributed by atoms with Crippen molar-refractivity contribution >= 4 is 120 Å². The van der Waals surface area contributed by atoms with Crippen molar-refractivity contribution in [2.75, 3.05) is 9.80 Å². The highest BCUT2D eigenvalue weighted by Gasteiger charge is 2.49. The minimum atomic E-state index is -3.43. The van der Waals surface area contributed by atoms with Gasteiger partial charge in [0.1, 0.15) is 0 Å². The van der Waals surface area contributed by atoms with Gasteiger partial charge in [0.25, 0.3) is 6.71 Å². The molecule has 2 heterocycles. The van der Waals surface area contributed by atoms with Crippen LogP contribution in [0.3, 0.4) is 0 Å². The Labute approximate surface area is 749 Å². The van der Waals surface area contributed by atoms with Crippen LogP contribution in [0.15, 0.2) is 448 Å². The lowest BCUT2D eigenvalue weighted by molar-refractivity contribution is 0.292. The molecule has 5 heteroatoms. The average molecular weight is 1650 g/mol. The Bertz CT molecular complexity index is 7130. The Morgan fingerprint density at radius 3 is 1.14 bits per heavy atom. The van der Waals surface area contributed by atoms with Crippen molar-refractivity contribution in [3.05, 3.63) is 459 Å². The zero-order valence-corrected chi connectivity index (χ0v) is 74.5. The van der Waals surface area contributed by atoms with Gasteiger partial charge >= 0.3 is 0 Å². The molecule has 1 aliphatic carbocycles. The van der Waals surface area contributed by atoms with Crippen LogP contribution in [-0.2, 0) is 5.41 Å². The maximum atomic E-state index is 9.28. The van der Waals surface area contributed by atoms with E-state index in [1.165, 1.54) is 70.5 Å². The molecule has 125 heavy (non-hydrogen) atoms. The minimum Gasteiger partial charge on any atom is -0.311 e. The van der Waals surface area contributed by atoms with Crippen molar-refractivity contribution < 1.29 is 6.85 Å². The second-order valence-electron chi connectivity index (χ2n) is 37.2. The number of hydrogen-bond acceptors (Lipinski definition) is 2. The molecule has 0 spiro atoms. The van der Waals surface area contributed by atoms with Crippen molar-refractivity contribution in [3.8, 4) is 66.8 Å². The van der Waals surface area contributed by atoms with Gasteiger partial charge in [-0.1, -0.05) is 457 Å². The van der Waals surface area contributed by atoms with Gasteiger partial charge in [-0.05, 0) is 213 Å². The Hall–Kier alpha value is -13.7. The molecule has 2 aliphatic heterocycles. The van der Waals surface area contributed by atoms with Crippen molar-refractivity contribution in [2.45, 2.75) is 74.1 Å². The summed E-state index contributed by atoms with van der Waals surface area (Å²) in [6, 6.07) is 149. The molecule has 0 fully saturated rings. The third-order valence-electron chi connectivity index (χ3n) is 26.6. The quantitative estimate of drug-likeness (QED) is 0.0662. The van der Waals surface area contributed by atoms with Crippen molar-refractivity contribution in [3.63, 3.8) is 0 Å². The summed E-state index contributed by atoms with van der Waals surface area (Å²) in [5.41, 5.74) is 26.8. The van der Waals surface area contributed by atoms with E-state index in [0.717, 1.165) is 106 Å². The van der Waals surface area contributed by atoms with Gasteiger partial charge in [-0.15, -0.1) is 0 Å². The van der Waals surface area contributed by atoms with E-state index in [-0.39, 0.29) is 58.6 Å². The van der Waals surface area contributed by atoms with E-state index in [1.807, 2.05) is 12.1 Å². The van der Waals surface area contributed by atoms with Gasteiger partial charge in [-0.3, -0.25) is 0 Å². The first-order valence-electron chi connectivity index (χ1n) is 46.6. The lowest BCUT2D eigenvalue weighted by atomic mass is 9.33. The van der Waals surface area contributed by atoms with Gasteiger partial charge in [-0.25, -0.2) is 0 Å². The van der Waals surface area contributed by atoms with Gasteiger partial charge in [-0.2, -0.15) is 0 Å². The number of anilines is 6. The molecule has 0 amide bonds. The van der Waals surface area contributed by atoms with Crippen LogP contribution in [0.5, 0.6) is 0 Å². The molecule has 20 rings (SSSR count). The van der Waals surface area contributed by atoms with E-state index in [2.05, 4.69) is 473 Å². The van der Waals surface area contributed by atoms with Gasteiger partial charge in [0.15, 0.2) is 16.1 Å². The summed E-state index contributed by atoms with van der Waals surface area (Å²) in [4.78, 5) is 5.38. The fraction of sp³-hybridized carbons (Fsp3) is 0.117. The topological polar surface area (TPSA) is 6.48 Å². The van der Waals surface area contributed by atoms with Gasteiger partial charge in [0, 0.05) is 33.9 Å². The monoisotopic (exact) mass is 1640 g/mol. The number of rotatable bonds is 17. The first kappa shape index (κ1) is 74.0. The third-order valence-corrected chi connectivity index (χ3v) is 36.1. The van der Waals surface area contributed by atoms with Gasteiger partial charge in [0.2, 0.25) is 0 Å². The van der Waals surface area contributed by atoms with Crippen LogP contribution in [0.2, 0.25) is 0 Å². The molecule has 1 atom stereocenters. The molecule has 604 valence electrons. The van der Waals surface area contributed by atoms with E-state index >= 15 is 0 Å². The number of allylic oxidation sites excluding steroid dienone is 4. The summed E-state index contributed by atoms with van der Waals surface area (Å²) in [6.07, 6.45) is 6.00. The Morgan fingerprint density at radius 1 is 0.280 bits per heavy atom. The summed E-state index contributed by atoms with van der Waals surface area (Å²) >= 11 is 0. The van der Waals surface area contributed by atoms with E-state index in [4.69, 9.17) is 4.11 Å². The normalized spacial score (nSPS) is 14.5. The zero-order valence-electron chi connectivity index (χ0n) is 77.5. The number of benzene rings is 17. The van der Waals surface area contributed by atoms with Crippen LogP contribution in [0.4, 0.5) is 34.1 Å². The summed E-state index contributed by atoms with van der Waals surface area (Å²) in [7, 11) is -6.80. The van der Waals surface area contributed by atoms with Gasteiger partial charge < -0.3 is 9.80 Å². The second-order valence-corrected chi connectivity index (χ2v) is 44.8. The highest BCUT2D eigenvalue weighted by atomic mass is 28.3. The zero-order chi connectivity index (χ0) is 89.5. The largest absolute Gasteiger partial charge is 0.311 e. The maximum Gasteiger partial charge on any atom is 0.252 e. The molecular formula is C120H103BN2Si2. The molecule has 1 unspecified atom stereocenters. The molecule has 0 N–H and O–H groups in total. The van der Waals surface area contributed by atoms with Crippen LogP contribution < -0.4 is 67.7 Å². The van der Waals surface area contributed by atoms with E-state index in [1.54, 1.807) is 0 Å². The summed E-state index contributed by atoms with van der Waals surface area (Å²) in [6.45, 7) is 21.0. The summed E-state index contributed by atoms with van der Waals surface area (Å²) < 4.78 is 44.8. The predicted molar refractivity (Wildman–Crippen MR) is 542 cm³/mol. The number of fused-ring (bicyclic) bond motifs is 4. The molecule has 2 nitrogen and oxygen atoms in total. The minimum absolute atomic E-state index is 0.0615. The van der Waals surface area contributed by atoms with Gasteiger partial charge in [0.05, 0.1) is 18.2 Å². The molecule has 3 aliphatic rings. The predicted octanol–water partition coefficient (Wildman–Crippen LogP) is 24.2. The molecule has 17 aromatic carbocycles. The first-order chi connectivity index (χ1) is 62.9. The Balaban J connectivity index is 0.905. The van der Waals surface area contributed by atoms with Crippen molar-refractivity contribution in [1.29, 1.82) is 0 Å². The second kappa shape index (κ2) is 32.5. The SMILES string of the molecule is [2H]c1c([2H])c([2H])c(-c2cccc([Si](c3ccccc3)(c3ccccc3)c3ccc(-c4ccc5c(c4)B4c6ccc([Si](c7ccccc7)(c7ccccc7)c7cccc(-c8ccccc8)c7)cc6N(c6ccc(-c7ccccc7)cc6-c6ccccc6)c6cc(C7=CC(C(C)(C)C)=CC(C(C)(C)C)C7)cc(c64)N5c4ccc(C(C)(C)C)cc4-c4ccccc4)cc3)c2)c([2H])c1[2H]. The highest BCUT2D eigenvalue weighted by Crippen LogP contribution is 2.53. The lowest BCUT2D eigenvalue weighted by Gasteiger charge is -2.46. The van der Waals surface area contributed by atoms with E-state index < -0.39 is 22.2 Å². The van der Waals surface area contributed by atoms with Crippen LogP contribution >= 0.6 is 0 Å². The molecule has 0 radical (unpaired) electrons. The fourth-order valence-corrected chi connectivity index (χ4v) is 29.7. The molecule has 0 bridgehead atoms. The van der Waals surface area contributed by atoms with E-state index in [9.17, 15) is 2.74 Å². The summed E-state index contributed by atoms with van der Waals surface area (Å²) in [5.74, 6) is 0.233. The number of hydrogen-bond donors (Lipinski definition) is 0. The van der Waals surface area contributed by atoms with Crippen molar-refractivity contribution in [1.82, 2.24) is 0 Å². The van der Waals surface area contributed by atoms with Crippen LogP contribution in [0.1, 0.15) is 86.7 Å². The molecule has 0 saturated carbocycles. The third kappa shape index (κ3) is 14.5. The molecule has 0 aromatic heterocycles. The first-order valence-corrected chi connectivity index (χ1v) is 48.1. The van der Waals surface area contributed by atoms with Crippen LogP contribution in [0, 0.1) is 16.7 Å². The van der Waals surface area contributed by atoms with Crippen LogP contribution in [0.25, 0.3) is 72.3 Å². The standard InChI is InChI=1S/C120H103BN2Si2/c1-118(2,3)96-65-72-112(108(82-96)89-47-27-14-28-48-89)122-113-71-64-93(87-61-66-103(67-62-87)124(99-51-29-15-30-52-99,100-53-31-16-32-54-100)104-59-37-49-90(75-104)84-39-19-10-20-40-84)78-110(113)121-109-69-68-106(125(101-55-33-17-34-56-101,102-57-35-18-36-58-102)105-60-38-50-91(76-105)85-41-21-11-22-42-85)83-114(109)123(111-70-63-92(86-43-23-12-24-44-86)77-107(111)88-45-25-13-26-46-88)116-80-95(79-115(122)117(116)121)94-73-97(119(4,5)6)81-98(74-94)120(7,8)9/h10-73,75-83,98H,74H2,1-9H3/i10D,19D,20D,39D,40D. The fourth-order valence-electron chi connectivity index (χ4n) is 20.1. The smallest absolute Gasteiger partial charge is 0.252 e.